The largest absolute Gasteiger partial charge is 0.364 e. The number of benzene rings is 1. The Labute approximate surface area is 143 Å². The van der Waals surface area contributed by atoms with Crippen molar-refractivity contribution >= 4 is 17.6 Å². The highest BCUT2D eigenvalue weighted by molar-refractivity contribution is 5.94. The summed E-state index contributed by atoms with van der Waals surface area (Å²) in [7, 11) is 0. The lowest BCUT2D eigenvalue weighted by Gasteiger charge is -2.11. The second kappa shape index (κ2) is 7.26. The number of pyridine rings is 1. The van der Waals surface area contributed by atoms with Crippen LogP contribution in [0.1, 0.15) is 16.2 Å². The Morgan fingerprint density at radius 1 is 1.16 bits per heavy atom. The van der Waals surface area contributed by atoms with Gasteiger partial charge in [0.15, 0.2) is 11.5 Å². The molecule has 0 saturated heterocycles. The lowest BCUT2D eigenvalue weighted by Crippen LogP contribution is -2.28. The normalized spacial score (nSPS) is 10.2. The number of rotatable bonds is 5. The van der Waals surface area contributed by atoms with Crippen molar-refractivity contribution in [2.45, 2.75) is 6.54 Å². The summed E-state index contributed by atoms with van der Waals surface area (Å²) < 4.78 is 4.92. The van der Waals surface area contributed by atoms with Crippen molar-refractivity contribution in [3.05, 3.63) is 66.3 Å². The number of primary amides is 1. The van der Waals surface area contributed by atoms with Crippen molar-refractivity contribution in [2.24, 2.45) is 5.73 Å². The van der Waals surface area contributed by atoms with Gasteiger partial charge in [-0.25, -0.2) is 4.79 Å². The summed E-state index contributed by atoms with van der Waals surface area (Å²) in [6, 6.07) is 12.3. The van der Waals surface area contributed by atoms with Gasteiger partial charge >= 0.3 is 6.03 Å². The molecular formula is C17H15N5O3. The molecule has 2 heterocycles. The standard InChI is InChI=1S/C17H15N5O3/c18-16(23)15-8-12(25-22-15)9-20-17(24)21-14-6-7-19-10-13(14)11-4-2-1-3-5-11/h1-8,10H,9H2,(H2,18,23)(H2,19,20,21,24). The molecule has 3 aromatic rings. The zero-order valence-corrected chi connectivity index (χ0v) is 13.1. The Bertz CT molecular complexity index is 892. The summed E-state index contributed by atoms with van der Waals surface area (Å²) in [4.78, 5) is 27.2. The van der Waals surface area contributed by atoms with Crippen LogP contribution in [0.4, 0.5) is 10.5 Å². The van der Waals surface area contributed by atoms with Gasteiger partial charge in [0, 0.05) is 24.0 Å². The van der Waals surface area contributed by atoms with Gasteiger partial charge in [0.05, 0.1) is 12.2 Å². The predicted octanol–water partition coefficient (Wildman–Crippen LogP) is 2.16. The van der Waals surface area contributed by atoms with Gasteiger partial charge in [0.1, 0.15) is 0 Å². The van der Waals surface area contributed by atoms with E-state index in [0.29, 0.717) is 11.4 Å². The second-order valence-electron chi connectivity index (χ2n) is 5.14. The van der Waals surface area contributed by atoms with E-state index in [0.717, 1.165) is 11.1 Å². The van der Waals surface area contributed by atoms with E-state index in [9.17, 15) is 9.59 Å². The molecule has 126 valence electrons. The van der Waals surface area contributed by atoms with Crippen molar-refractivity contribution in [1.82, 2.24) is 15.5 Å². The van der Waals surface area contributed by atoms with Gasteiger partial charge in [0.2, 0.25) is 0 Å². The molecule has 1 aromatic carbocycles. The Morgan fingerprint density at radius 2 is 1.96 bits per heavy atom. The summed E-state index contributed by atoms with van der Waals surface area (Å²) in [5.41, 5.74) is 7.46. The first-order valence-electron chi connectivity index (χ1n) is 7.43. The van der Waals surface area contributed by atoms with Crippen LogP contribution in [0.2, 0.25) is 0 Å². The Balaban J connectivity index is 1.66. The topological polar surface area (TPSA) is 123 Å². The molecule has 8 nitrogen and oxygen atoms in total. The van der Waals surface area contributed by atoms with E-state index in [1.165, 1.54) is 6.07 Å². The number of carbonyl (C=O) groups is 2. The van der Waals surface area contributed by atoms with Crippen LogP contribution in [0.15, 0.2) is 59.4 Å². The highest BCUT2D eigenvalue weighted by Gasteiger charge is 2.11. The van der Waals surface area contributed by atoms with E-state index in [1.54, 1.807) is 18.5 Å². The van der Waals surface area contributed by atoms with E-state index < -0.39 is 11.9 Å². The Kier molecular flexibility index (Phi) is 4.70. The van der Waals surface area contributed by atoms with E-state index in [-0.39, 0.29) is 12.2 Å². The molecule has 0 spiro atoms. The first kappa shape index (κ1) is 16.2. The van der Waals surface area contributed by atoms with Gasteiger partial charge in [-0.1, -0.05) is 35.5 Å². The molecule has 0 saturated carbocycles. The molecule has 25 heavy (non-hydrogen) atoms. The third-order valence-corrected chi connectivity index (χ3v) is 3.39. The number of nitrogens with two attached hydrogens (primary N) is 1. The van der Waals surface area contributed by atoms with Gasteiger partial charge in [-0.2, -0.15) is 0 Å². The molecule has 2 aromatic heterocycles. The molecule has 8 heteroatoms. The van der Waals surface area contributed by atoms with Crippen molar-refractivity contribution in [3.63, 3.8) is 0 Å². The minimum absolute atomic E-state index is 0.0118. The first-order valence-corrected chi connectivity index (χ1v) is 7.43. The number of aromatic nitrogens is 2. The zero-order valence-electron chi connectivity index (χ0n) is 13.1. The van der Waals surface area contributed by atoms with Gasteiger partial charge < -0.3 is 20.9 Å². The number of hydrogen-bond acceptors (Lipinski definition) is 5. The molecule has 0 atom stereocenters. The number of urea groups is 1. The molecule has 0 aliphatic carbocycles. The van der Waals surface area contributed by atoms with E-state index in [4.69, 9.17) is 10.3 Å². The van der Waals surface area contributed by atoms with Crippen LogP contribution in [-0.2, 0) is 6.54 Å². The van der Waals surface area contributed by atoms with Gasteiger partial charge in [-0.15, -0.1) is 0 Å². The molecule has 4 N–H and O–H groups in total. The lowest BCUT2D eigenvalue weighted by atomic mass is 10.1. The van der Waals surface area contributed by atoms with Crippen LogP contribution >= 0.6 is 0 Å². The molecule has 0 unspecified atom stereocenters. The summed E-state index contributed by atoms with van der Waals surface area (Å²) in [6.45, 7) is 0.0673. The molecule has 0 aliphatic heterocycles. The highest BCUT2D eigenvalue weighted by atomic mass is 16.5. The number of amides is 3. The van der Waals surface area contributed by atoms with Crippen LogP contribution in [-0.4, -0.2) is 22.1 Å². The lowest BCUT2D eigenvalue weighted by molar-refractivity contribution is 0.0991. The summed E-state index contributed by atoms with van der Waals surface area (Å²) in [5, 5.41) is 8.89. The molecule has 0 fully saturated rings. The van der Waals surface area contributed by atoms with Gasteiger partial charge in [-0.05, 0) is 11.6 Å². The van der Waals surface area contributed by atoms with Crippen molar-refractivity contribution in [3.8, 4) is 11.1 Å². The highest BCUT2D eigenvalue weighted by Crippen LogP contribution is 2.26. The zero-order chi connectivity index (χ0) is 17.6. The maximum atomic E-state index is 12.1. The molecule has 0 aliphatic rings. The van der Waals surface area contributed by atoms with Crippen LogP contribution < -0.4 is 16.4 Å². The quantitative estimate of drug-likeness (QED) is 0.658. The number of anilines is 1. The SMILES string of the molecule is NC(=O)c1cc(CNC(=O)Nc2ccncc2-c2ccccc2)on1. The second-order valence-corrected chi connectivity index (χ2v) is 5.14. The minimum atomic E-state index is -0.691. The molecule has 0 radical (unpaired) electrons. The average Bonchev–Trinajstić information content (AvgIpc) is 3.11. The molecule has 0 bridgehead atoms. The van der Waals surface area contributed by atoms with Gasteiger partial charge in [0.25, 0.3) is 5.91 Å². The van der Waals surface area contributed by atoms with Crippen LogP contribution in [0.25, 0.3) is 11.1 Å². The number of hydrogen-bond donors (Lipinski definition) is 3. The van der Waals surface area contributed by atoms with E-state index in [1.807, 2.05) is 30.3 Å². The van der Waals surface area contributed by atoms with Crippen LogP contribution in [0.3, 0.4) is 0 Å². The maximum Gasteiger partial charge on any atom is 0.319 e. The summed E-state index contributed by atoms with van der Waals surface area (Å²) in [6.07, 6.45) is 3.28. The maximum absolute atomic E-state index is 12.1. The van der Waals surface area contributed by atoms with Crippen molar-refractivity contribution in [2.75, 3.05) is 5.32 Å². The fourth-order valence-corrected chi connectivity index (χ4v) is 2.20. The third-order valence-electron chi connectivity index (χ3n) is 3.39. The fourth-order valence-electron chi connectivity index (χ4n) is 2.20. The molecule has 3 rings (SSSR count). The van der Waals surface area contributed by atoms with Gasteiger partial charge in [-0.3, -0.25) is 9.78 Å². The fraction of sp³-hybridized carbons (Fsp3) is 0.0588. The predicted molar refractivity (Wildman–Crippen MR) is 90.6 cm³/mol. The van der Waals surface area contributed by atoms with Crippen molar-refractivity contribution < 1.29 is 14.1 Å². The van der Waals surface area contributed by atoms with Crippen molar-refractivity contribution in [1.29, 1.82) is 0 Å². The van der Waals surface area contributed by atoms with E-state index in [2.05, 4.69) is 20.8 Å². The summed E-state index contributed by atoms with van der Waals surface area (Å²) in [5.74, 6) is -0.370. The monoisotopic (exact) mass is 337 g/mol. The minimum Gasteiger partial charge on any atom is -0.364 e. The Morgan fingerprint density at radius 3 is 2.68 bits per heavy atom. The summed E-state index contributed by atoms with van der Waals surface area (Å²) >= 11 is 0. The molecular weight excluding hydrogens is 322 g/mol. The number of carbonyl (C=O) groups excluding carboxylic acids is 2. The number of nitrogens with zero attached hydrogens (tertiary/aromatic N) is 2. The van der Waals surface area contributed by atoms with E-state index >= 15 is 0 Å². The molecule has 3 amide bonds. The average molecular weight is 337 g/mol. The smallest absolute Gasteiger partial charge is 0.319 e. The van der Waals surface area contributed by atoms with Crippen LogP contribution in [0.5, 0.6) is 0 Å². The number of nitrogens with one attached hydrogen (secondary N) is 2. The third kappa shape index (κ3) is 3.99. The first-order chi connectivity index (χ1) is 12.1. The van der Waals surface area contributed by atoms with Crippen LogP contribution in [0, 0.1) is 0 Å². The Hall–Kier alpha value is -3.68.